The molecular formula is C43H47N5O6Si. The van der Waals surface area contributed by atoms with Crippen LogP contribution in [0, 0.1) is 0 Å². The van der Waals surface area contributed by atoms with E-state index in [1.54, 1.807) is 42.3 Å². The number of aromatic nitrogens is 4. The Morgan fingerprint density at radius 3 is 2.00 bits per heavy atom. The van der Waals surface area contributed by atoms with Gasteiger partial charge in [0.05, 0.1) is 20.0 Å². The highest BCUT2D eigenvalue weighted by Gasteiger charge is 2.52. The van der Waals surface area contributed by atoms with Crippen LogP contribution >= 0.6 is 0 Å². The second-order valence-corrected chi connectivity index (χ2v) is 20.0. The number of rotatable bonds is 12. The van der Waals surface area contributed by atoms with E-state index in [4.69, 9.17) is 18.6 Å². The van der Waals surface area contributed by atoms with Crippen LogP contribution in [0.25, 0.3) is 11.2 Å². The molecule has 284 valence electrons. The summed E-state index contributed by atoms with van der Waals surface area (Å²) < 4.78 is 28.3. The molecule has 12 heteroatoms. The van der Waals surface area contributed by atoms with Crippen LogP contribution in [0.1, 0.15) is 54.0 Å². The second kappa shape index (κ2) is 15.5. The van der Waals surface area contributed by atoms with Crippen molar-refractivity contribution in [2.75, 3.05) is 19.0 Å². The Balaban J connectivity index is 1.27. The highest BCUT2D eigenvalue weighted by Crippen LogP contribution is 2.45. The summed E-state index contributed by atoms with van der Waals surface area (Å²) in [6.45, 7) is 10.9. The first-order valence-electron chi connectivity index (χ1n) is 18.4. The molecule has 0 radical (unpaired) electrons. The first-order valence-corrected chi connectivity index (χ1v) is 21.3. The fourth-order valence-corrected chi connectivity index (χ4v) is 8.10. The number of methoxy groups -OCH3 is 1. The van der Waals surface area contributed by atoms with Gasteiger partial charge in [-0.3, -0.25) is 9.36 Å². The van der Waals surface area contributed by atoms with E-state index in [1.807, 2.05) is 66.7 Å². The van der Waals surface area contributed by atoms with Gasteiger partial charge in [0.1, 0.15) is 36.0 Å². The first-order chi connectivity index (χ1) is 26.4. The minimum Gasteiger partial charge on any atom is -0.497 e. The average Bonchev–Trinajstić information content (AvgIpc) is 3.76. The first kappa shape index (κ1) is 38.0. The molecule has 11 nitrogen and oxygen atoms in total. The Hall–Kier alpha value is -5.24. The molecule has 1 fully saturated rings. The third-order valence-corrected chi connectivity index (χ3v) is 15.2. The molecule has 1 aliphatic heterocycles. The molecule has 0 saturated carbocycles. The van der Waals surface area contributed by atoms with E-state index in [-0.39, 0.29) is 23.4 Å². The molecule has 0 spiro atoms. The monoisotopic (exact) mass is 757 g/mol. The van der Waals surface area contributed by atoms with Crippen molar-refractivity contribution in [1.29, 1.82) is 0 Å². The third kappa shape index (κ3) is 7.43. The lowest BCUT2D eigenvalue weighted by Gasteiger charge is -2.41. The van der Waals surface area contributed by atoms with Gasteiger partial charge in [0.2, 0.25) is 0 Å². The summed E-state index contributed by atoms with van der Waals surface area (Å²) in [7, 11) is -0.821. The van der Waals surface area contributed by atoms with Gasteiger partial charge in [0.25, 0.3) is 5.91 Å². The molecule has 4 unspecified atom stereocenters. The number of aliphatic hydroxyl groups is 1. The normalized spacial score (nSPS) is 19.0. The SMILES string of the molecule is COc1ccc(C(OCC2OC(n3cnc4c(NC(=O)c5ccccc5)ncnc43)C(O)C2O[Si](C)(C)C(C)(C)C)(c2ccccc2)c2ccccc2)cc1. The molecule has 2 N–H and O–H groups in total. The quantitative estimate of drug-likeness (QED) is 0.0951. The molecule has 3 heterocycles. The molecule has 7 rings (SSSR count). The van der Waals surface area contributed by atoms with E-state index >= 15 is 0 Å². The van der Waals surface area contributed by atoms with Gasteiger partial charge in [-0.15, -0.1) is 0 Å². The maximum Gasteiger partial charge on any atom is 0.256 e. The van der Waals surface area contributed by atoms with E-state index in [0.717, 1.165) is 22.4 Å². The highest BCUT2D eigenvalue weighted by molar-refractivity contribution is 6.74. The molecule has 1 amide bonds. The molecule has 0 bridgehead atoms. The number of hydrogen-bond donors (Lipinski definition) is 2. The average molecular weight is 758 g/mol. The van der Waals surface area contributed by atoms with Crippen LogP contribution < -0.4 is 10.1 Å². The second-order valence-electron chi connectivity index (χ2n) is 15.2. The molecular weight excluding hydrogens is 711 g/mol. The topological polar surface area (TPSA) is 130 Å². The lowest BCUT2D eigenvalue weighted by molar-refractivity contribution is -0.0930. The Bertz CT molecular complexity index is 2170. The number of nitrogens with zero attached hydrogens (tertiary/aromatic N) is 4. The fourth-order valence-electron chi connectivity index (χ4n) is 6.77. The lowest BCUT2D eigenvalue weighted by Crippen LogP contribution is -2.50. The number of ether oxygens (including phenoxy) is 3. The van der Waals surface area contributed by atoms with E-state index in [2.05, 4.69) is 78.4 Å². The van der Waals surface area contributed by atoms with E-state index in [9.17, 15) is 9.90 Å². The van der Waals surface area contributed by atoms with Crippen molar-refractivity contribution in [2.45, 2.75) is 69.0 Å². The zero-order valence-corrected chi connectivity index (χ0v) is 32.9. The summed E-state index contributed by atoms with van der Waals surface area (Å²) in [6.07, 6.45) is -0.632. The third-order valence-electron chi connectivity index (χ3n) is 10.8. The van der Waals surface area contributed by atoms with Crippen LogP contribution in [0.3, 0.4) is 0 Å². The van der Waals surface area contributed by atoms with Gasteiger partial charge in [-0.2, -0.15) is 0 Å². The van der Waals surface area contributed by atoms with Gasteiger partial charge in [-0.05, 0) is 59.1 Å². The molecule has 1 saturated heterocycles. The zero-order chi connectivity index (χ0) is 38.8. The summed E-state index contributed by atoms with van der Waals surface area (Å²) >= 11 is 0. The van der Waals surface area contributed by atoms with Crippen LogP contribution in [-0.2, 0) is 19.5 Å². The van der Waals surface area contributed by atoms with Crippen molar-refractivity contribution in [3.63, 3.8) is 0 Å². The number of benzene rings is 4. The Morgan fingerprint density at radius 2 is 1.42 bits per heavy atom. The Labute approximate surface area is 322 Å². The summed E-state index contributed by atoms with van der Waals surface area (Å²) in [4.78, 5) is 26.5. The summed E-state index contributed by atoms with van der Waals surface area (Å²) in [5.74, 6) is 0.643. The largest absolute Gasteiger partial charge is 0.497 e. The number of fused-ring (bicyclic) bond motifs is 1. The van der Waals surface area contributed by atoms with Crippen molar-refractivity contribution >= 4 is 31.2 Å². The van der Waals surface area contributed by atoms with Crippen molar-refractivity contribution in [3.8, 4) is 5.75 Å². The van der Waals surface area contributed by atoms with E-state index in [1.165, 1.54) is 6.33 Å². The zero-order valence-electron chi connectivity index (χ0n) is 31.9. The van der Waals surface area contributed by atoms with Gasteiger partial charge >= 0.3 is 0 Å². The number of carbonyl (C=O) groups excluding carboxylic acids is 1. The van der Waals surface area contributed by atoms with Gasteiger partial charge in [-0.25, -0.2) is 15.0 Å². The molecule has 55 heavy (non-hydrogen) atoms. The summed E-state index contributed by atoms with van der Waals surface area (Å²) in [5.41, 5.74) is 2.89. The van der Waals surface area contributed by atoms with Crippen LogP contribution in [0.15, 0.2) is 128 Å². The van der Waals surface area contributed by atoms with E-state index in [0.29, 0.717) is 16.7 Å². The fraction of sp³-hybridized carbons (Fsp3) is 0.302. The summed E-state index contributed by atoms with van der Waals surface area (Å²) in [5, 5.41) is 14.9. The van der Waals surface area contributed by atoms with Gasteiger partial charge < -0.3 is 29.1 Å². The lowest BCUT2D eigenvalue weighted by atomic mass is 9.80. The number of nitrogens with one attached hydrogen (secondary N) is 1. The minimum atomic E-state index is -2.47. The van der Waals surface area contributed by atoms with Crippen molar-refractivity contribution < 1.29 is 28.5 Å². The smallest absolute Gasteiger partial charge is 0.256 e. The van der Waals surface area contributed by atoms with Crippen LogP contribution in [-0.4, -0.2) is 70.9 Å². The Kier molecular flexibility index (Phi) is 10.7. The van der Waals surface area contributed by atoms with Crippen molar-refractivity contribution in [3.05, 3.63) is 150 Å². The van der Waals surface area contributed by atoms with E-state index < -0.39 is 38.5 Å². The van der Waals surface area contributed by atoms with Crippen LogP contribution in [0.4, 0.5) is 5.82 Å². The number of aliphatic hydroxyl groups excluding tert-OH is 1. The molecule has 1 aliphatic rings. The predicted molar refractivity (Wildman–Crippen MR) is 213 cm³/mol. The minimum absolute atomic E-state index is 0.0582. The van der Waals surface area contributed by atoms with Crippen LogP contribution in [0.5, 0.6) is 5.75 Å². The molecule has 0 aliphatic carbocycles. The van der Waals surface area contributed by atoms with Crippen molar-refractivity contribution in [1.82, 2.24) is 19.5 Å². The maximum absolute atomic E-state index is 13.1. The standard InChI is InChI=1S/C43H47N5O6Si/c1-42(2,3)55(5,6)54-37-34(26-52-43(30-18-12-8-13-19-30,31-20-14-9-15-21-31)32-22-24-33(51-4)25-23-32)53-41(36(37)49)48-28-46-35-38(44-27-45-39(35)48)47-40(50)29-16-10-7-11-17-29/h7-25,27-28,34,36-37,41,49H,26H2,1-6H3,(H,44,45,47,50). The van der Waals surface area contributed by atoms with Crippen molar-refractivity contribution in [2.24, 2.45) is 0 Å². The van der Waals surface area contributed by atoms with Gasteiger partial charge in [0.15, 0.2) is 31.5 Å². The highest BCUT2D eigenvalue weighted by atomic mass is 28.4. The number of hydrogen-bond acceptors (Lipinski definition) is 9. The number of anilines is 1. The number of amides is 1. The molecule has 4 atom stereocenters. The maximum atomic E-state index is 13.1. The molecule has 2 aromatic heterocycles. The molecule has 4 aromatic carbocycles. The predicted octanol–water partition coefficient (Wildman–Crippen LogP) is 7.74. The van der Waals surface area contributed by atoms with Crippen LogP contribution in [0.2, 0.25) is 18.1 Å². The number of carbonyl (C=O) groups is 1. The van der Waals surface area contributed by atoms with Gasteiger partial charge in [-0.1, -0.05) is 112 Å². The Morgan fingerprint density at radius 1 is 0.836 bits per heavy atom. The molecule has 6 aromatic rings. The van der Waals surface area contributed by atoms with Gasteiger partial charge in [0, 0.05) is 5.56 Å². The number of imidazole rings is 1. The summed E-state index contributed by atoms with van der Waals surface area (Å²) in [6, 6.07) is 36.9.